The number of nitrogens with zero attached hydrogens (tertiary/aromatic N) is 2. The van der Waals surface area contributed by atoms with Crippen molar-refractivity contribution in [1.82, 2.24) is 9.55 Å². The van der Waals surface area contributed by atoms with Crippen LogP contribution < -0.4 is 11.4 Å². The van der Waals surface area contributed by atoms with Gasteiger partial charge < -0.3 is 15.6 Å². The first-order chi connectivity index (χ1) is 7.22. The molecule has 1 unspecified atom stereocenters. The summed E-state index contributed by atoms with van der Waals surface area (Å²) in [5.41, 5.74) is 5.46. The van der Waals surface area contributed by atoms with E-state index in [-0.39, 0.29) is 18.7 Å². The van der Waals surface area contributed by atoms with Gasteiger partial charge in [-0.05, 0) is 0 Å². The van der Waals surface area contributed by atoms with E-state index in [4.69, 9.17) is 15.6 Å². The quantitative estimate of drug-likeness (QED) is 0.713. The molecule has 1 aromatic rings. The van der Waals surface area contributed by atoms with E-state index in [0.717, 1.165) is 0 Å². The van der Waals surface area contributed by atoms with E-state index >= 15 is 0 Å². The van der Waals surface area contributed by atoms with Crippen LogP contribution in [0.4, 0.5) is 5.82 Å². The predicted molar refractivity (Wildman–Crippen MR) is 56.3 cm³/mol. The fourth-order valence-corrected chi connectivity index (χ4v) is 2.14. The Labute approximate surface area is 90.1 Å². The highest BCUT2D eigenvalue weighted by atomic mass is 32.2. The largest absolute Gasteiger partial charge is 0.391 e. The standard InChI is InChI=1S/C8H11N3O3S/c9-7-5(2-12)1-11(8(13)10-7)6-3-15-4-14-6/h1,6,12H,2-4H2,(H2,9,10,13). The lowest BCUT2D eigenvalue weighted by molar-refractivity contribution is 0.0634. The number of anilines is 1. The van der Waals surface area contributed by atoms with Crippen LogP contribution in [-0.2, 0) is 11.3 Å². The van der Waals surface area contributed by atoms with Crippen molar-refractivity contribution in [1.29, 1.82) is 0 Å². The monoisotopic (exact) mass is 229 g/mol. The minimum absolute atomic E-state index is 0.0735. The number of aliphatic hydroxyl groups excluding tert-OH is 1. The fraction of sp³-hybridized carbons (Fsp3) is 0.500. The fourth-order valence-electron chi connectivity index (χ4n) is 1.33. The lowest BCUT2D eigenvalue weighted by Crippen LogP contribution is -2.29. The van der Waals surface area contributed by atoms with Crippen LogP contribution in [0.5, 0.6) is 0 Å². The summed E-state index contributed by atoms with van der Waals surface area (Å²) in [6, 6.07) is 0. The predicted octanol–water partition coefficient (Wildman–Crippen LogP) is -0.463. The van der Waals surface area contributed by atoms with Crippen molar-refractivity contribution in [2.45, 2.75) is 12.8 Å². The molecule has 1 atom stereocenters. The van der Waals surface area contributed by atoms with Crippen molar-refractivity contribution < 1.29 is 9.84 Å². The van der Waals surface area contributed by atoms with Crippen LogP contribution in [0.1, 0.15) is 11.8 Å². The summed E-state index contributed by atoms with van der Waals surface area (Å²) in [7, 11) is 0. The van der Waals surface area contributed by atoms with Gasteiger partial charge in [-0.15, -0.1) is 11.8 Å². The molecule has 82 valence electrons. The number of aromatic nitrogens is 2. The summed E-state index contributed by atoms with van der Waals surface area (Å²) < 4.78 is 6.69. The van der Waals surface area contributed by atoms with Crippen LogP contribution in [0.2, 0.25) is 0 Å². The Balaban J connectivity index is 2.41. The Bertz CT molecular complexity index is 414. The first-order valence-corrected chi connectivity index (χ1v) is 5.55. The molecule has 1 aromatic heterocycles. The second kappa shape index (κ2) is 4.21. The van der Waals surface area contributed by atoms with Crippen molar-refractivity contribution in [2.24, 2.45) is 0 Å². The van der Waals surface area contributed by atoms with Gasteiger partial charge in [0.25, 0.3) is 0 Å². The van der Waals surface area contributed by atoms with Gasteiger partial charge in [0.1, 0.15) is 12.0 Å². The van der Waals surface area contributed by atoms with E-state index in [0.29, 0.717) is 17.3 Å². The second-order valence-corrected chi connectivity index (χ2v) is 4.09. The summed E-state index contributed by atoms with van der Waals surface area (Å²) in [6.07, 6.45) is 1.20. The lowest BCUT2D eigenvalue weighted by atomic mass is 10.3. The first kappa shape index (κ1) is 10.5. The van der Waals surface area contributed by atoms with Gasteiger partial charge in [-0.25, -0.2) is 4.79 Å². The van der Waals surface area contributed by atoms with Crippen LogP contribution >= 0.6 is 11.8 Å². The molecule has 0 aromatic carbocycles. The van der Waals surface area contributed by atoms with E-state index < -0.39 is 5.69 Å². The zero-order chi connectivity index (χ0) is 10.8. The Morgan fingerprint density at radius 3 is 3.20 bits per heavy atom. The minimum Gasteiger partial charge on any atom is -0.391 e. The maximum absolute atomic E-state index is 11.5. The maximum atomic E-state index is 11.5. The topological polar surface area (TPSA) is 90.4 Å². The molecule has 1 saturated heterocycles. The van der Waals surface area contributed by atoms with E-state index in [9.17, 15) is 4.79 Å². The van der Waals surface area contributed by atoms with Gasteiger partial charge in [0.15, 0.2) is 0 Å². The molecule has 2 rings (SSSR count). The second-order valence-electron chi connectivity index (χ2n) is 3.11. The smallest absolute Gasteiger partial charge is 0.351 e. The Morgan fingerprint density at radius 2 is 2.60 bits per heavy atom. The Hall–Kier alpha value is -1.05. The van der Waals surface area contributed by atoms with Crippen molar-refractivity contribution >= 4 is 17.6 Å². The maximum Gasteiger partial charge on any atom is 0.351 e. The highest BCUT2D eigenvalue weighted by Gasteiger charge is 2.20. The molecule has 0 saturated carbocycles. The summed E-state index contributed by atoms with van der Waals surface area (Å²) in [5, 5.41) is 9.00. The molecular formula is C8H11N3O3S. The first-order valence-electron chi connectivity index (χ1n) is 4.40. The van der Waals surface area contributed by atoms with E-state index in [1.54, 1.807) is 11.8 Å². The highest BCUT2D eigenvalue weighted by Crippen LogP contribution is 2.23. The summed E-state index contributed by atoms with van der Waals surface area (Å²) in [6.45, 7) is -0.237. The Kier molecular flexibility index (Phi) is 2.94. The summed E-state index contributed by atoms with van der Waals surface area (Å²) in [5.74, 6) is 1.34. The molecule has 6 nitrogen and oxygen atoms in total. The highest BCUT2D eigenvalue weighted by molar-refractivity contribution is 7.99. The molecule has 3 N–H and O–H groups in total. The van der Waals surface area contributed by atoms with Gasteiger partial charge in [0.05, 0.1) is 12.5 Å². The number of thioether (sulfide) groups is 1. The third-order valence-corrected chi connectivity index (χ3v) is 2.97. The third kappa shape index (κ3) is 1.99. The molecule has 7 heteroatoms. The zero-order valence-electron chi connectivity index (χ0n) is 7.92. The van der Waals surface area contributed by atoms with Gasteiger partial charge in [-0.1, -0.05) is 0 Å². The van der Waals surface area contributed by atoms with Gasteiger partial charge in [-0.3, -0.25) is 4.57 Å². The van der Waals surface area contributed by atoms with Gasteiger partial charge in [-0.2, -0.15) is 4.98 Å². The van der Waals surface area contributed by atoms with Crippen molar-refractivity contribution in [3.05, 3.63) is 22.2 Å². The average molecular weight is 229 g/mol. The van der Waals surface area contributed by atoms with Crippen molar-refractivity contribution in [2.75, 3.05) is 17.4 Å². The zero-order valence-corrected chi connectivity index (χ0v) is 8.74. The molecule has 0 amide bonds. The number of rotatable bonds is 2. The SMILES string of the molecule is Nc1nc(=O)n(C2CSCO2)cc1CO. The van der Waals surface area contributed by atoms with Gasteiger partial charge >= 0.3 is 5.69 Å². The van der Waals surface area contributed by atoms with E-state index in [1.807, 2.05) is 0 Å². The average Bonchev–Trinajstić information content (AvgIpc) is 2.71. The molecule has 1 fully saturated rings. The molecule has 0 radical (unpaired) electrons. The molecular weight excluding hydrogens is 218 g/mol. The van der Waals surface area contributed by atoms with Crippen molar-refractivity contribution in [3.8, 4) is 0 Å². The summed E-state index contributed by atoms with van der Waals surface area (Å²) >= 11 is 1.60. The molecule has 0 spiro atoms. The van der Waals surface area contributed by atoms with Crippen LogP contribution in [0.25, 0.3) is 0 Å². The lowest BCUT2D eigenvalue weighted by Gasteiger charge is -2.13. The number of aliphatic hydroxyl groups is 1. The molecule has 15 heavy (non-hydrogen) atoms. The van der Waals surface area contributed by atoms with Crippen LogP contribution in [0.3, 0.4) is 0 Å². The molecule has 1 aliphatic heterocycles. The minimum atomic E-state index is -0.447. The third-order valence-electron chi connectivity index (χ3n) is 2.15. The van der Waals surface area contributed by atoms with Crippen LogP contribution in [0.15, 0.2) is 11.0 Å². The van der Waals surface area contributed by atoms with Gasteiger partial charge in [0, 0.05) is 17.5 Å². The number of nitrogen functional groups attached to an aromatic ring is 1. The van der Waals surface area contributed by atoms with E-state index in [1.165, 1.54) is 10.8 Å². The number of nitrogens with two attached hydrogens (primary N) is 1. The number of hydrogen-bond acceptors (Lipinski definition) is 6. The van der Waals surface area contributed by atoms with Crippen LogP contribution in [-0.4, -0.2) is 26.3 Å². The number of ether oxygens (including phenoxy) is 1. The number of hydrogen-bond donors (Lipinski definition) is 2. The van der Waals surface area contributed by atoms with Crippen molar-refractivity contribution in [3.63, 3.8) is 0 Å². The molecule has 0 aliphatic carbocycles. The Morgan fingerprint density at radius 1 is 1.80 bits per heavy atom. The molecule has 1 aliphatic rings. The normalized spacial score (nSPS) is 20.7. The molecule has 2 heterocycles. The van der Waals surface area contributed by atoms with Gasteiger partial charge in [0.2, 0.25) is 0 Å². The summed E-state index contributed by atoms with van der Waals surface area (Å²) in [4.78, 5) is 15.1. The van der Waals surface area contributed by atoms with E-state index in [2.05, 4.69) is 4.98 Å². The molecule has 0 bridgehead atoms. The van der Waals surface area contributed by atoms with Crippen LogP contribution in [0, 0.1) is 0 Å².